The number of nitro groups is 1. The van der Waals surface area contributed by atoms with Gasteiger partial charge in [-0.05, 0) is 31.2 Å². The molecule has 2 aromatic carbocycles. The largest absolute Gasteiger partial charge is 0.369 e. The van der Waals surface area contributed by atoms with Gasteiger partial charge >= 0.3 is 0 Å². The third kappa shape index (κ3) is 5.27. The van der Waals surface area contributed by atoms with Gasteiger partial charge in [-0.1, -0.05) is 24.3 Å². The molecule has 1 saturated heterocycles. The van der Waals surface area contributed by atoms with Crippen molar-refractivity contribution in [3.63, 3.8) is 0 Å². The number of hydrogen-bond donors (Lipinski definition) is 1. The third-order valence-corrected chi connectivity index (χ3v) is 4.75. The first-order valence-electron chi connectivity index (χ1n) is 9.18. The van der Waals surface area contributed by atoms with Crippen molar-refractivity contribution in [3.05, 3.63) is 70.3 Å². The van der Waals surface area contributed by atoms with Gasteiger partial charge in [0.05, 0.1) is 4.92 Å². The molecular formula is C20H24N4O3. The summed E-state index contributed by atoms with van der Waals surface area (Å²) < 4.78 is 0. The Bertz CT molecular complexity index is 774. The fourth-order valence-corrected chi connectivity index (χ4v) is 3.24. The van der Waals surface area contributed by atoms with Crippen LogP contribution in [0.15, 0.2) is 54.6 Å². The SMILES string of the molecule is O=C(NCCCN1CCN(c2ccccc2)CC1)c1cccc([N+](=O)[O-])c1. The summed E-state index contributed by atoms with van der Waals surface area (Å²) in [5.41, 5.74) is 1.51. The Morgan fingerprint density at radius 3 is 2.48 bits per heavy atom. The highest BCUT2D eigenvalue weighted by Crippen LogP contribution is 2.15. The fraction of sp³-hybridized carbons (Fsp3) is 0.350. The number of amides is 1. The highest BCUT2D eigenvalue weighted by molar-refractivity contribution is 5.94. The van der Waals surface area contributed by atoms with Gasteiger partial charge in [-0.15, -0.1) is 0 Å². The monoisotopic (exact) mass is 368 g/mol. The average Bonchev–Trinajstić information content (AvgIpc) is 2.72. The first-order valence-corrected chi connectivity index (χ1v) is 9.18. The molecule has 1 aliphatic heterocycles. The number of nitrogens with zero attached hydrogens (tertiary/aromatic N) is 3. The van der Waals surface area contributed by atoms with E-state index in [9.17, 15) is 14.9 Å². The van der Waals surface area contributed by atoms with Crippen molar-refractivity contribution in [2.75, 3.05) is 44.2 Å². The molecule has 0 spiro atoms. The molecule has 7 nitrogen and oxygen atoms in total. The van der Waals surface area contributed by atoms with Gasteiger partial charge in [-0.3, -0.25) is 19.8 Å². The van der Waals surface area contributed by atoms with Crippen LogP contribution in [-0.4, -0.2) is 55.0 Å². The van der Waals surface area contributed by atoms with Crippen molar-refractivity contribution in [2.24, 2.45) is 0 Å². The lowest BCUT2D eigenvalue weighted by Gasteiger charge is -2.36. The number of nitrogens with one attached hydrogen (secondary N) is 1. The maximum Gasteiger partial charge on any atom is 0.270 e. The molecular weight excluding hydrogens is 344 g/mol. The first kappa shape index (κ1) is 18.8. The number of anilines is 1. The Balaban J connectivity index is 1.37. The second-order valence-corrected chi connectivity index (χ2v) is 6.58. The van der Waals surface area contributed by atoms with Gasteiger partial charge in [0, 0.05) is 56.1 Å². The molecule has 0 aliphatic carbocycles. The maximum atomic E-state index is 12.1. The highest BCUT2D eigenvalue weighted by atomic mass is 16.6. The molecule has 0 atom stereocenters. The van der Waals surface area contributed by atoms with E-state index in [1.165, 1.54) is 23.9 Å². The molecule has 1 N–H and O–H groups in total. The van der Waals surface area contributed by atoms with E-state index in [0.29, 0.717) is 12.1 Å². The third-order valence-electron chi connectivity index (χ3n) is 4.75. The quantitative estimate of drug-likeness (QED) is 0.462. The second-order valence-electron chi connectivity index (χ2n) is 6.58. The van der Waals surface area contributed by atoms with Gasteiger partial charge in [0.25, 0.3) is 11.6 Å². The Kier molecular flexibility index (Phi) is 6.38. The van der Waals surface area contributed by atoms with Gasteiger partial charge in [-0.25, -0.2) is 0 Å². The Morgan fingerprint density at radius 1 is 1.04 bits per heavy atom. The van der Waals surface area contributed by atoms with Crippen LogP contribution in [0.3, 0.4) is 0 Å². The average molecular weight is 368 g/mol. The summed E-state index contributed by atoms with van der Waals surface area (Å²) >= 11 is 0. The van der Waals surface area contributed by atoms with Gasteiger partial charge < -0.3 is 10.2 Å². The van der Waals surface area contributed by atoms with E-state index >= 15 is 0 Å². The van der Waals surface area contributed by atoms with E-state index in [1.54, 1.807) is 6.07 Å². The molecule has 0 aromatic heterocycles. The number of para-hydroxylation sites is 1. The summed E-state index contributed by atoms with van der Waals surface area (Å²) in [6.07, 6.45) is 0.853. The molecule has 1 amide bonds. The summed E-state index contributed by atoms with van der Waals surface area (Å²) in [6.45, 7) is 5.51. The lowest BCUT2D eigenvalue weighted by molar-refractivity contribution is -0.384. The molecule has 0 bridgehead atoms. The van der Waals surface area contributed by atoms with Crippen molar-refractivity contribution in [3.8, 4) is 0 Å². The molecule has 1 aliphatic rings. The molecule has 7 heteroatoms. The lowest BCUT2D eigenvalue weighted by Crippen LogP contribution is -2.47. The number of carbonyl (C=O) groups is 1. The molecule has 2 aromatic rings. The zero-order chi connectivity index (χ0) is 19.1. The Hall–Kier alpha value is -2.93. The van der Waals surface area contributed by atoms with Gasteiger partial charge in [0.2, 0.25) is 0 Å². The molecule has 3 rings (SSSR count). The van der Waals surface area contributed by atoms with Crippen molar-refractivity contribution >= 4 is 17.3 Å². The van der Waals surface area contributed by atoms with Gasteiger partial charge in [0.15, 0.2) is 0 Å². The Morgan fingerprint density at radius 2 is 1.78 bits per heavy atom. The number of hydrogen-bond acceptors (Lipinski definition) is 5. The normalized spacial score (nSPS) is 14.7. The molecule has 1 heterocycles. The maximum absolute atomic E-state index is 12.1. The van der Waals surface area contributed by atoms with Crippen molar-refractivity contribution in [1.29, 1.82) is 0 Å². The predicted octanol–water partition coefficient (Wildman–Crippen LogP) is 2.54. The fourth-order valence-electron chi connectivity index (χ4n) is 3.24. The molecule has 1 fully saturated rings. The van der Waals surface area contributed by atoms with E-state index in [0.717, 1.165) is 39.1 Å². The standard InChI is InChI=1S/C20H24N4O3/c25-20(17-6-4-9-19(16-17)24(26)27)21-10-5-11-22-12-14-23(15-13-22)18-7-2-1-3-8-18/h1-4,6-9,16H,5,10-15H2,(H,21,25). The van der Waals surface area contributed by atoms with Crippen LogP contribution in [0.4, 0.5) is 11.4 Å². The minimum absolute atomic E-state index is 0.0704. The summed E-state index contributed by atoms with van der Waals surface area (Å²) in [6, 6.07) is 16.2. The topological polar surface area (TPSA) is 78.7 Å². The van der Waals surface area contributed by atoms with E-state index in [2.05, 4.69) is 39.4 Å². The number of non-ortho nitro benzene ring substituents is 1. The summed E-state index contributed by atoms with van der Waals surface area (Å²) in [5.74, 6) is -0.271. The zero-order valence-electron chi connectivity index (χ0n) is 15.2. The zero-order valence-corrected chi connectivity index (χ0v) is 15.2. The van der Waals surface area contributed by atoms with Crippen LogP contribution in [0, 0.1) is 10.1 Å². The van der Waals surface area contributed by atoms with Crippen LogP contribution < -0.4 is 10.2 Å². The molecule has 142 valence electrons. The predicted molar refractivity (Wildman–Crippen MR) is 105 cm³/mol. The first-order chi connectivity index (χ1) is 13.1. The highest BCUT2D eigenvalue weighted by Gasteiger charge is 2.17. The molecule has 0 radical (unpaired) electrons. The molecule has 0 saturated carbocycles. The number of nitro benzene ring substituents is 1. The molecule has 27 heavy (non-hydrogen) atoms. The van der Waals surface area contributed by atoms with E-state index in [1.807, 2.05) is 6.07 Å². The summed E-state index contributed by atoms with van der Waals surface area (Å²) in [7, 11) is 0. The van der Waals surface area contributed by atoms with Crippen LogP contribution in [-0.2, 0) is 0 Å². The summed E-state index contributed by atoms with van der Waals surface area (Å²) in [5, 5.41) is 13.6. The lowest BCUT2D eigenvalue weighted by atomic mass is 10.2. The number of benzene rings is 2. The number of piperazine rings is 1. The van der Waals surface area contributed by atoms with Crippen molar-refractivity contribution < 1.29 is 9.72 Å². The van der Waals surface area contributed by atoms with Crippen LogP contribution >= 0.6 is 0 Å². The van der Waals surface area contributed by atoms with E-state index < -0.39 is 4.92 Å². The van der Waals surface area contributed by atoms with E-state index in [4.69, 9.17) is 0 Å². The van der Waals surface area contributed by atoms with Crippen LogP contribution in [0.25, 0.3) is 0 Å². The number of rotatable bonds is 7. The van der Waals surface area contributed by atoms with Gasteiger partial charge in [0.1, 0.15) is 0 Å². The smallest absolute Gasteiger partial charge is 0.270 e. The van der Waals surface area contributed by atoms with Crippen LogP contribution in [0.1, 0.15) is 16.8 Å². The minimum atomic E-state index is -0.494. The van der Waals surface area contributed by atoms with Crippen LogP contribution in [0.5, 0.6) is 0 Å². The van der Waals surface area contributed by atoms with E-state index in [-0.39, 0.29) is 11.6 Å². The number of carbonyl (C=O) groups excluding carboxylic acids is 1. The molecule has 0 unspecified atom stereocenters. The van der Waals surface area contributed by atoms with Crippen molar-refractivity contribution in [2.45, 2.75) is 6.42 Å². The van der Waals surface area contributed by atoms with Crippen LogP contribution in [0.2, 0.25) is 0 Å². The van der Waals surface area contributed by atoms with Crippen molar-refractivity contribution in [1.82, 2.24) is 10.2 Å². The van der Waals surface area contributed by atoms with Gasteiger partial charge in [-0.2, -0.15) is 0 Å². The second kappa shape index (κ2) is 9.14. The minimum Gasteiger partial charge on any atom is -0.369 e. The summed E-state index contributed by atoms with van der Waals surface area (Å²) in [4.78, 5) is 27.2. The Labute approximate surface area is 158 Å².